The van der Waals surface area contributed by atoms with Gasteiger partial charge >= 0.3 is 5.97 Å². The summed E-state index contributed by atoms with van der Waals surface area (Å²) in [7, 11) is 0. The molecule has 0 spiro atoms. The predicted molar refractivity (Wildman–Crippen MR) is 73.0 cm³/mol. The second-order valence-corrected chi connectivity index (χ2v) is 4.97. The van der Waals surface area contributed by atoms with Gasteiger partial charge in [0.25, 0.3) is 0 Å². The van der Waals surface area contributed by atoms with Crippen LogP contribution in [0.4, 0.5) is 15.8 Å². The number of rotatable bonds is 6. The van der Waals surface area contributed by atoms with Crippen LogP contribution in [0.1, 0.15) is 43.0 Å². The predicted octanol–water partition coefficient (Wildman–Crippen LogP) is 2.88. The Hall–Kier alpha value is -1.78. The number of carbonyl (C=O) groups is 1. The number of hydrogen-bond donors (Lipinski definition) is 2. The molecular weight excluding hydrogens is 247 g/mol. The van der Waals surface area contributed by atoms with Crippen LogP contribution >= 0.6 is 0 Å². The Bertz CT molecular complexity index is 487. The number of halogens is 1. The quantitative estimate of drug-likeness (QED) is 0.777. The molecule has 1 aromatic carbocycles. The first-order chi connectivity index (χ1) is 9.04. The van der Waals surface area contributed by atoms with Gasteiger partial charge in [0.1, 0.15) is 5.82 Å². The molecule has 0 atom stereocenters. The number of anilines is 2. The largest absolute Gasteiger partial charge is 0.478 e. The average Bonchev–Trinajstić information content (AvgIpc) is 3.15. The maximum Gasteiger partial charge on any atom is 0.337 e. The zero-order valence-electron chi connectivity index (χ0n) is 11.0. The number of nitrogen functional groups attached to an aromatic ring is 1. The highest BCUT2D eigenvalue weighted by atomic mass is 19.1. The molecule has 104 valence electrons. The van der Waals surface area contributed by atoms with Gasteiger partial charge in [-0.1, -0.05) is 13.3 Å². The summed E-state index contributed by atoms with van der Waals surface area (Å²) in [5.74, 6) is -1.56. The van der Waals surface area contributed by atoms with Crippen LogP contribution in [0.25, 0.3) is 0 Å². The summed E-state index contributed by atoms with van der Waals surface area (Å²) in [6, 6.07) is 2.81. The molecule has 0 heterocycles. The first-order valence-corrected chi connectivity index (χ1v) is 6.63. The van der Waals surface area contributed by atoms with Crippen molar-refractivity contribution in [1.82, 2.24) is 0 Å². The van der Waals surface area contributed by atoms with Gasteiger partial charge in [0, 0.05) is 18.3 Å². The summed E-state index contributed by atoms with van der Waals surface area (Å²) in [4.78, 5) is 13.1. The monoisotopic (exact) mass is 266 g/mol. The molecule has 4 nitrogen and oxygen atoms in total. The minimum atomic E-state index is -1.12. The van der Waals surface area contributed by atoms with Crippen molar-refractivity contribution in [3.8, 4) is 0 Å². The van der Waals surface area contributed by atoms with E-state index in [1.54, 1.807) is 0 Å². The standard InChI is InChI=1S/C14H19FN2O2/c1-2-3-6-17(9-4-5-9)13-7-10(14(18)19)12(16)8-11(13)15/h7-9H,2-6,16H2,1H3,(H,18,19). The zero-order chi connectivity index (χ0) is 14.0. The van der Waals surface area contributed by atoms with Crippen molar-refractivity contribution in [2.75, 3.05) is 17.2 Å². The Morgan fingerprint density at radius 3 is 2.74 bits per heavy atom. The van der Waals surface area contributed by atoms with Crippen LogP contribution in [0.15, 0.2) is 12.1 Å². The second-order valence-electron chi connectivity index (χ2n) is 4.97. The summed E-state index contributed by atoms with van der Waals surface area (Å²) in [5.41, 5.74) is 5.85. The van der Waals surface area contributed by atoms with E-state index in [1.807, 2.05) is 4.90 Å². The normalized spacial score (nSPS) is 14.4. The highest BCUT2D eigenvalue weighted by Crippen LogP contribution is 2.35. The molecule has 1 aliphatic carbocycles. The Labute approximate surface area is 112 Å². The molecule has 1 fully saturated rings. The number of hydrogen-bond acceptors (Lipinski definition) is 3. The van der Waals surface area contributed by atoms with Crippen molar-refractivity contribution in [2.45, 2.75) is 38.6 Å². The number of nitrogens with two attached hydrogens (primary N) is 1. The van der Waals surface area contributed by atoms with Crippen LogP contribution in [-0.2, 0) is 0 Å². The number of carboxylic acids is 1. The molecule has 1 aromatic rings. The SMILES string of the molecule is CCCCN(c1cc(C(=O)O)c(N)cc1F)C1CC1. The lowest BCUT2D eigenvalue weighted by Crippen LogP contribution is -2.28. The Morgan fingerprint density at radius 2 is 2.21 bits per heavy atom. The topological polar surface area (TPSA) is 66.6 Å². The van der Waals surface area contributed by atoms with Crippen molar-refractivity contribution >= 4 is 17.3 Å². The summed E-state index contributed by atoms with van der Waals surface area (Å²) >= 11 is 0. The first kappa shape index (κ1) is 13.6. The lowest BCUT2D eigenvalue weighted by Gasteiger charge is -2.25. The van der Waals surface area contributed by atoms with Gasteiger partial charge in [0.05, 0.1) is 11.3 Å². The van der Waals surface area contributed by atoms with E-state index in [0.29, 0.717) is 11.7 Å². The molecule has 3 N–H and O–H groups in total. The summed E-state index contributed by atoms with van der Waals surface area (Å²) in [6.45, 7) is 2.83. The van der Waals surface area contributed by atoms with E-state index in [-0.39, 0.29) is 11.3 Å². The van der Waals surface area contributed by atoms with Crippen molar-refractivity contribution in [3.63, 3.8) is 0 Å². The van der Waals surface area contributed by atoms with Gasteiger partial charge in [0.15, 0.2) is 0 Å². The Morgan fingerprint density at radius 1 is 1.53 bits per heavy atom. The summed E-state index contributed by atoms with van der Waals surface area (Å²) < 4.78 is 14.0. The Kier molecular flexibility index (Phi) is 3.93. The van der Waals surface area contributed by atoms with Crippen molar-refractivity contribution in [2.24, 2.45) is 0 Å². The van der Waals surface area contributed by atoms with Crippen LogP contribution in [-0.4, -0.2) is 23.7 Å². The van der Waals surface area contributed by atoms with Gasteiger partial charge in [0.2, 0.25) is 0 Å². The zero-order valence-corrected chi connectivity index (χ0v) is 11.0. The molecule has 1 saturated carbocycles. The molecule has 2 rings (SSSR count). The average molecular weight is 266 g/mol. The molecule has 0 saturated heterocycles. The van der Waals surface area contributed by atoms with E-state index in [4.69, 9.17) is 10.8 Å². The van der Waals surface area contributed by atoms with Crippen molar-refractivity contribution in [3.05, 3.63) is 23.5 Å². The highest BCUT2D eigenvalue weighted by molar-refractivity contribution is 5.95. The van der Waals surface area contributed by atoms with E-state index < -0.39 is 11.8 Å². The van der Waals surface area contributed by atoms with E-state index in [0.717, 1.165) is 38.3 Å². The van der Waals surface area contributed by atoms with E-state index in [9.17, 15) is 9.18 Å². The van der Waals surface area contributed by atoms with Crippen LogP contribution in [0.3, 0.4) is 0 Å². The fourth-order valence-corrected chi connectivity index (χ4v) is 2.20. The molecule has 0 amide bonds. The van der Waals surface area contributed by atoms with Gasteiger partial charge in [-0.15, -0.1) is 0 Å². The van der Waals surface area contributed by atoms with E-state index in [1.165, 1.54) is 6.07 Å². The summed E-state index contributed by atoms with van der Waals surface area (Å²) in [6.07, 6.45) is 4.06. The Balaban J connectivity index is 2.35. The van der Waals surface area contributed by atoms with Crippen LogP contribution in [0.2, 0.25) is 0 Å². The van der Waals surface area contributed by atoms with E-state index >= 15 is 0 Å². The number of carboxylic acid groups (broad SMARTS) is 1. The van der Waals surface area contributed by atoms with Crippen LogP contribution in [0, 0.1) is 5.82 Å². The van der Waals surface area contributed by atoms with Gasteiger partial charge in [-0.3, -0.25) is 0 Å². The molecular formula is C14H19FN2O2. The third kappa shape index (κ3) is 2.97. The number of aromatic carboxylic acids is 1. The second kappa shape index (κ2) is 5.47. The molecule has 0 unspecified atom stereocenters. The first-order valence-electron chi connectivity index (χ1n) is 6.63. The molecule has 19 heavy (non-hydrogen) atoms. The lowest BCUT2D eigenvalue weighted by molar-refractivity contribution is 0.0698. The van der Waals surface area contributed by atoms with Gasteiger partial charge < -0.3 is 15.7 Å². The fourth-order valence-electron chi connectivity index (χ4n) is 2.20. The smallest absolute Gasteiger partial charge is 0.337 e. The van der Waals surface area contributed by atoms with Gasteiger partial charge in [-0.05, 0) is 31.4 Å². The molecule has 0 radical (unpaired) electrons. The van der Waals surface area contributed by atoms with Crippen LogP contribution < -0.4 is 10.6 Å². The van der Waals surface area contributed by atoms with Gasteiger partial charge in [-0.25, -0.2) is 9.18 Å². The fraction of sp³-hybridized carbons (Fsp3) is 0.500. The van der Waals surface area contributed by atoms with Gasteiger partial charge in [-0.2, -0.15) is 0 Å². The lowest BCUT2D eigenvalue weighted by atomic mass is 10.1. The molecule has 0 aliphatic heterocycles. The maximum atomic E-state index is 14.0. The minimum Gasteiger partial charge on any atom is -0.478 e. The number of unbranched alkanes of at least 4 members (excludes halogenated alkanes) is 1. The maximum absolute atomic E-state index is 14.0. The van der Waals surface area contributed by atoms with E-state index in [2.05, 4.69) is 6.92 Å². The molecule has 1 aliphatic rings. The third-order valence-corrected chi connectivity index (χ3v) is 3.40. The third-order valence-electron chi connectivity index (χ3n) is 3.40. The van der Waals surface area contributed by atoms with Crippen LogP contribution in [0.5, 0.6) is 0 Å². The highest BCUT2D eigenvalue weighted by Gasteiger charge is 2.31. The molecule has 5 heteroatoms. The number of nitrogens with zero attached hydrogens (tertiary/aromatic N) is 1. The minimum absolute atomic E-state index is 0.0278. The van der Waals surface area contributed by atoms with Crippen molar-refractivity contribution < 1.29 is 14.3 Å². The molecule has 0 bridgehead atoms. The van der Waals surface area contributed by atoms with Crippen molar-refractivity contribution in [1.29, 1.82) is 0 Å². The number of benzene rings is 1. The summed E-state index contributed by atoms with van der Waals surface area (Å²) in [5, 5.41) is 9.07. The molecule has 0 aromatic heterocycles.